The zero-order chi connectivity index (χ0) is 20.1. The van der Waals surface area contributed by atoms with Gasteiger partial charge in [0.25, 0.3) is 0 Å². The second-order valence-corrected chi connectivity index (χ2v) is 9.46. The maximum atomic E-state index is 13.5. The van der Waals surface area contributed by atoms with Gasteiger partial charge in [-0.05, 0) is 26.7 Å². The molecule has 0 aromatic carbocycles. The number of aromatic nitrogens is 1. The van der Waals surface area contributed by atoms with Gasteiger partial charge in [-0.15, -0.1) is 0 Å². The third kappa shape index (κ3) is 3.55. The lowest BCUT2D eigenvalue weighted by Gasteiger charge is -2.33. The summed E-state index contributed by atoms with van der Waals surface area (Å²) in [5, 5.41) is 19.2. The summed E-state index contributed by atoms with van der Waals surface area (Å²) < 4.78 is 5.96. The molecule has 1 fully saturated rings. The van der Waals surface area contributed by atoms with Crippen LogP contribution in [0.5, 0.6) is 0 Å². The average molecular weight is 378 g/mol. The van der Waals surface area contributed by atoms with E-state index in [9.17, 15) is 9.90 Å². The van der Waals surface area contributed by atoms with Crippen molar-refractivity contribution in [3.63, 3.8) is 0 Å². The van der Waals surface area contributed by atoms with Gasteiger partial charge in [0, 0.05) is 19.0 Å². The Labute approximate surface area is 161 Å². The second-order valence-electron chi connectivity index (χ2n) is 9.46. The normalized spacial score (nSPS) is 27.9. The van der Waals surface area contributed by atoms with Crippen molar-refractivity contribution < 1.29 is 19.0 Å². The number of carbonyl (C=O) groups is 1. The average Bonchev–Trinajstić information content (AvgIpc) is 3.16. The number of aryl methyl sites for hydroxylation is 1. The quantitative estimate of drug-likeness (QED) is 0.817. The van der Waals surface area contributed by atoms with Gasteiger partial charge < -0.3 is 14.5 Å². The van der Waals surface area contributed by atoms with Crippen molar-refractivity contribution in [2.45, 2.75) is 71.1 Å². The first-order valence-electron chi connectivity index (χ1n) is 9.78. The minimum atomic E-state index is -0.523. The fourth-order valence-electron chi connectivity index (χ4n) is 4.13. The molecule has 1 aromatic heterocycles. The minimum Gasteiger partial charge on any atom is -0.391 e. The van der Waals surface area contributed by atoms with E-state index < -0.39 is 12.0 Å². The molecule has 27 heavy (non-hydrogen) atoms. The maximum absolute atomic E-state index is 13.5. The zero-order valence-electron chi connectivity index (χ0n) is 17.6. The Morgan fingerprint density at radius 3 is 2.56 bits per heavy atom. The lowest BCUT2D eigenvalue weighted by atomic mass is 9.90. The van der Waals surface area contributed by atoms with E-state index in [4.69, 9.17) is 9.62 Å². The summed E-state index contributed by atoms with van der Waals surface area (Å²) in [6, 6.07) is 1.68. The predicted octanol–water partition coefficient (Wildman–Crippen LogP) is 2.30. The van der Waals surface area contributed by atoms with E-state index in [-0.39, 0.29) is 23.4 Å². The molecule has 2 aliphatic rings. The number of aliphatic hydroxyl groups is 1. The van der Waals surface area contributed by atoms with Gasteiger partial charge >= 0.3 is 0 Å². The molecule has 1 N–H and O–H groups in total. The molecule has 3 atom stereocenters. The summed E-state index contributed by atoms with van der Waals surface area (Å²) in [6.07, 6.45) is 0.834. The standard InChI is InChI=1S/C20H33N4O3/c1-12(2)18(17-8-13(3)22-27-17)19(26)23-11-14(25)9-16(23)15-10-20(4,5)24(6,7)21-15/h8,12,14,16,18,25H,9-11H2,1-7H3/q+1/t14-,16+,18+/m1/s1. The van der Waals surface area contributed by atoms with Gasteiger partial charge in [0.05, 0.1) is 38.4 Å². The van der Waals surface area contributed by atoms with Gasteiger partial charge in [-0.2, -0.15) is 4.59 Å². The molecule has 0 aliphatic carbocycles. The van der Waals surface area contributed by atoms with Crippen LogP contribution in [-0.4, -0.2) is 69.7 Å². The highest BCUT2D eigenvalue weighted by atomic mass is 16.5. The van der Waals surface area contributed by atoms with Crippen LogP contribution in [0.3, 0.4) is 0 Å². The Balaban J connectivity index is 1.91. The Bertz CT molecular complexity index is 750. The van der Waals surface area contributed by atoms with Gasteiger partial charge in [-0.3, -0.25) is 4.79 Å². The molecule has 0 spiro atoms. The van der Waals surface area contributed by atoms with Crippen LogP contribution in [0.15, 0.2) is 15.7 Å². The van der Waals surface area contributed by atoms with Gasteiger partial charge in [-0.25, -0.2) is 0 Å². The Hall–Kier alpha value is -1.73. The summed E-state index contributed by atoms with van der Waals surface area (Å²) in [4.78, 5) is 15.3. The number of aliphatic hydroxyl groups excluding tert-OH is 1. The van der Waals surface area contributed by atoms with Crippen molar-refractivity contribution >= 4 is 11.6 Å². The van der Waals surface area contributed by atoms with Crippen molar-refractivity contribution in [1.29, 1.82) is 0 Å². The molecule has 150 valence electrons. The van der Waals surface area contributed by atoms with E-state index >= 15 is 0 Å². The van der Waals surface area contributed by atoms with E-state index in [1.54, 1.807) is 0 Å². The molecule has 0 unspecified atom stereocenters. The molecule has 0 saturated carbocycles. The first-order valence-corrected chi connectivity index (χ1v) is 9.78. The summed E-state index contributed by atoms with van der Waals surface area (Å²) in [6.45, 7) is 10.6. The van der Waals surface area contributed by atoms with Crippen LogP contribution in [-0.2, 0) is 4.79 Å². The Morgan fingerprint density at radius 1 is 1.41 bits per heavy atom. The number of amides is 1. The lowest BCUT2D eigenvalue weighted by molar-refractivity contribution is -0.937. The largest absolute Gasteiger partial charge is 0.391 e. The van der Waals surface area contributed by atoms with Crippen LogP contribution < -0.4 is 0 Å². The van der Waals surface area contributed by atoms with Gasteiger partial charge in [0.2, 0.25) is 5.91 Å². The molecule has 3 rings (SSSR count). The molecule has 1 amide bonds. The Morgan fingerprint density at radius 2 is 2.07 bits per heavy atom. The van der Waals surface area contributed by atoms with Crippen LogP contribution in [0.25, 0.3) is 0 Å². The molecule has 3 heterocycles. The van der Waals surface area contributed by atoms with Crippen molar-refractivity contribution in [3.8, 4) is 0 Å². The molecular formula is C20H33N4O3+. The number of rotatable bonds is 4. The first kappa shape index (κ1) is 20.0. The van der Waals surface area contributed by atoms with E-state index in [2.05, 4.69) is 33.1 Å². The summed E-state index contributed by atoms with van der Waals surface area (Å²) in [5.41, 5.74) is 1.74. The first-order chi connectivity index (χ1) is 12.4. The smallest absolute Gasteiger partial charge is 0.234 e. The van der Waals surface area contributed by atoms with Crippen LogP contribution >= 0.6 is 0 Å². The predicted molar refractivity (Wildman–Crippen MR) is 103 cm³/mol. The number of β-amino-alcohol motifs (C(OH)–C–C–N with tert-alkyl or cyclic N) is 1. The highest BCUT2D eigenvalue weighted by molar-refractivity contribution is 5.96. The summed E-state index contributed by atoms with van der Waals surface area (Å²) in [5.74, 6) is 0.242. The molecule has 1 aromatic rings. The topological polar surface area (TPSA) is 78.9 Å². The van der Waals surface area contributed by atoms with Crippen LogP contribution in [0.4, 0.5) is 0 Å². The van der Waals surface area contributed by atoms with Gasteiger partial charge in [-0.1, -0.05) is 24.1 Å². The molecule has 0 bridgehead atoms. The fraction of sp³-hybridized carbons (Fsp3) is 0.750. The minimum absolute atomic E-state index is 0.0135. The highest BCUT2D eigenvalue weighted by Crippen LogP contribution is 2.37. The number of hydrogen-bond donors (Lipinski definition) is 1. The van der Waals surface area contributed by atoms with E-state index in [0.29, 0.717) is 23.3 Å². The fourth-order valence-corrected chi connectivity index (χ4v) is 4.13. The van der Waals surface area contributed by atoms with Crippen molar-refractivity contribution in [2.75, 3.05) is 20.6 Å². The third-order valence-corrected chi connectivity index (χ3v) is 6.31. The number of likely N-dealkylation sites (tertiary alicyclic amines) is 1. The maximum Gasteiger partial charge on any atom is 0.234 e. The van der Waals surface area contributed by atoms with E-state index in [1.807, 2.05) is 31.7 Å². The molecule has 2 aliphatic heterocycles. The number of quaternary nitrogens is 1. The highest BCUT2D eigenvalue weighted by Gasteiger charge is 2.50. The monoisotopic (exact) mass is 377 g/mol. The number of carbonyl (C=O) groups excluding carboxylic acids is 1. The van der Waals surface area contributed by atoms with Gasteiger partial charge in [0.1, 0.15) is 22.9 Å². The SMILES string of the molecule is Cc1cc([C@@H](C(=O)N2C[C@H](O)C[C@H]2C2=N[N+](C)(C)C(C)(C)C2)C(C)C)on1. The zero-order valence-corrected chi connectivity index (χ0v) is 17.6. The number of hydrogen-bond acceptors (Lipinski definition) is 5. The third-order valence-electron chi connectivity index (χ3n) is 6.31. The lowest BCUT2D eigenvalue weighted by Crippen LogP contribution is -2.48. The summed E-state index contributed by atoms with van der Waals surface area (Å²) in [7, 11) is 4.16. The van der Waals surface area contributed by atoms with Crippen LogP contribution in [0, 0.1) is 12.8 Å². The number of nitrogens with zero attached hydrogens (tertiary/aromatic N) is 4. The molecule has 1 saturated heterocycles. The second kappa shape index (κ2) is 6.71. The van der Waals surface area contributed by atoms with Crippen LogP contribution in [0.2, 0.25) is 0 Å². The van der Waals surface area contributed by atoms with Crippen molar-refractivity contribution in [1.82, 2.24) is 10.1 Å². The van der Waals surface area contributed by atoms with Crippen LogP contribution in [0.1, 0.15) is 57.9 Å². The van der Waals surface area contributed by atoms with Gasteiger partial charge in [0.15, 0.2) is 0 Å². The van der Waals surface area contributed by atoms with Crippen molar-refractivity contribution in [2.24, 2.45) is 11.0 Å². The summed E-state index contributed by atoms with van der Waals surface area (Å²) >= 11 is 0. The molecule has 7 heteroatoms. The molecule has 7 nitrogen and oxygen atoms in total. The van der Waals surface area contributed by atoms with E-state index in [1.165, 1.54) is 0 Å². The molecule has 0 radical (unpaired) electrons. The molecular weight excluding hydrogens is 344 g/mol. The van der Waals surface area contributed by atoms with E-state index in [0.717, 1.165) is 17.8 Å². The Kier molecular flexibility index (Phi) is 4.97. The van der Waals surface area contributed by atoms with Crippen molar-refractivity contribution in [3.05, 3.63) is 17.5 Å².